The Morgan fingerprint density at radius 3 is 2.17 bits per heavy atom. The number of rotatable bonds is 2. The van der Waals surface area contributed by atoms with E-state index in [9.17, 15) is 22.4 Å². The van der Waals surface area contributed by atoms with Crippen molar-refractivity contribution >= 4 is 5.97 Å². The Morgan fingerprint density at radius 2 is 1.92 bits per heavy atom. The fourth-order valence-corrected chi connectivity index (χ4v) is 0.419. The van der Waals surface area contributed by atoms with Crippen LogP contribution in [0.3, 0.4) is 0 Å². The standard InChI is InChI=1S/C5H6F4O3/c1-12-4(11)2(10)3(6)5(7,8)9/h2-3,10H,1H3. The van der Waals surface area contributed by atoms with E-state index in [-0.39, 0.29) is 0 Å². The molecule has 1 N–H and O–H groups in total. The third-order valence-electron chi connectivity index (χ3n) is 1.03. The molecule has 0 aromatic carbocycles. The highest BCUT2D eigenvalue weighted by Gasteiger charge is 2.48. The van der Waals surface area contributed by atoms with E-state index < -0.39 is 24.4 Å². The Labute approximate surface area is 64.9 Å². The Kier molecular flexibility index (Phi) is 3.44. The van der Waals surface area contributed by atoms with Crippen LogP contribution in [-0.4, -0.2) is 36.6 Å². The molecule has 0 radical (unpaired) electrons. The van der Waals surface area contributed by atoms with Crippen LogP contribution in [0.5, 0.6) is 0 Å². The van der Waals surface area contributed by atoms with Crippen molar-refractivity contribution in [1.29, 1.82) is 0 Å². The van der Waals surface area contributed by atoms with Crippen molar-refractivity contribution in [1.82, 2.24) is 0 Å². The molecule has 7 heteroatoms. The summed E-state index contributed by atoms with van der Waals surface area (Å²) in [6.07, 6.45) is -11.7. The van der Waals surface area contributed by atoms with E-state index in [1.165, 1.54) is 0 Å². The predicted octanol–water partition coefficient (Wildman–Crippen LogP) is 0.421. The first-order chi connectivity index (χ1) is 5.30. The number of ether oxygens (including phenoxy) is 1. The van der Waals surface area contributed by atoms with Gasteiger partial charge in [0, 0.05) is 0 Å². The van der Waals surface area contributed by atoms with Crippen LogP contribution in [0.25, 0.3) is 0 Å². The first-order valence-corrected chi connectivity index (χ1v) is 2.77. The number of hydrogen-bond acceptors (Lipinski definition) is 3. The molecule has 0 heterocycles. The molecule has 2 unspecified atom stereocenters. The van der Waals surface area contributed by atoms with Crippen LogP contribution in [0, 0.1) is 0 Å². The second-order valence-corrected chi connectivity index (χ2v) is 1.91. The van der Waals surface area contributed by atoms with Crippen molar-refractivity contribution in [2.45, 2.75) is 18.5 Å². The molecule has 3 nitrogen and oxygen atoms in total. The Hall–Kier alpha value is -0.850. The zero-order valence-electron chi connectivity index (χ0n) is 5.93. The minimum Gasteiger partial charge on any atom is -0.467 e. The first kappa shape index (κ1) is 11.2. The van der Waals surface area contributed by atoms with Crippen LogP contribution in [0.15, 0.2) is 0 Å². The summed E-state index contributed by atoms with van der Waals surface area (Å²) in [6, 6.07) is 0. The SMILES string of the molecule is COC(=O)C(O)C(F)C(F)(F)F. The van der Waals surface area contributed by atoms with E-state index in [1.54, 1.807) is 0 Å². The number of hydrogen-bond donors (Lipinski definition) is 1. The van der Waals surface area contributed by atoms with Crippen LogP contribution < -0.4 is 0 Å². The average Bonchev–Trinajstić information content (AvgIpc) is 1.98. The molecular weight excluding hydrogens is 184 g/mol. The topological polar surface area (TPSA) is 46.5 Å². The van der Waals surface area contributed by atoms with Gasteiger partial charge in [-0.3, -0.25) is 0 Å². The van der Waals surface area contributed by atoms with Gasteiger partial charge >= 0.3 is 12.1 Å². The molecule has 2 atom stereocenters. The van der Waals surface area contributed by atoms with Gasteiger partial charge in [0.1, 0.15) is 0 Å². The number of aliphatic hydroxyl groups is 1. The molecule has 0 amide bonds. The average molecular weight is 190 g/mol. The van der Waals surface area contributed by atoms with Crippen LogP contribution in [0.1, 0.15) is 0 Å². The van der Waals surface area contributed by atoms with Crippen molar-refractivity contribution < 1.29 is 32.2 Å². The van der Waals surface area contributed by atoms with Gasteiger partial charge < -0.3 is 9.84 Å². The Balaban J connectivity index is 4.29. The lowest BCUT2D eigenvalue weighted by Gasteiger charge is -2.15. The van der Waals surface area contributed by atoms with E-state index in [2.05, 4.69) is 4.74 Å². The Morgan fingerprint density at radius 1 is 1.50 bits per heavy atom. The molecule has 12 heavy (non-hydrogen) atoms. The van der Waals surface area contributed by atoms with Gasteiger partial charge in [-0.2, -0.15) is 13.2 Å². The highest BCUT2D eigenvalue weighted by molar-refractivity contribution is 5.75. The van der Waals surface area contributed by atoms with Crippen LogP contribution >= 0.6 is 0 Å². The van der Waals surface area contributed by atoms with Crippen molar-refractivity contribution in [3.8, 4) is 0 Å². The van der Waals surface area contributed by atoms with Gasteiger partial charge in [-0.25, -0.2) is 9.18 Å². The van der Waals surface area contributed by atoms with Gasteiger partial charge in [0.25, 0.3) is 0 Å². The number of methoxy groups -OCH3 is 1. The summed E-state index contributed by atoms with van der Waals surface area (Å²) in [5, 5.41) is 8.35. The number of halogens is 4. The second-order valence-electron chi connectivity index (χ2n) is 1.91. The van der Waals surface area contributed by atoms with E-state index >= 15 is 0 Å². The number of carbonyl (C=O) groups excluding carboxylic acids is 1. The molecule has 0 aromatic heterocycles. The fraction of sp³-hybridized carbons (Fsp3) is 0.800. The third kappa shape index (κ3) is 2.65. The summed E-state index contributed by atoms with van der Waals surface area (Å²) in [4.78, 5) is 10.2. The number of alkyl halides is 4. The summed E-state index contributed by atoms with van der Waals surface area (Å²) < 4.78 is 50.1. The van der Waals surface area contributed by atoms with Crippen LogP contribution in [0.2, 0.25) is 0 Å². The summed E-state index contributed by atoms with van der Waals surface area (Å²) in [5.41, 5.74) is 0. The molecule has 0 bridgehead atoms. The zero-order chi connectivity index (χ0) is 9.94. The summed E-state index contributed by atoms with van der Waals surface area (Å²) in [5.74, 6) is -1.65. The van der Waals surface area contributed by atoms with E-state index in [0.717, 1.165) is 7.11 Å². The maximum atomic E-state index is 12.1. The number of carbonyl (C=O) groups is 1. The molecule has 0 aromatic rings. The molecule has 0 rings (SSSR count). The molecular formula is C5H6F4O3. The molecule has 72 valence electrons. The van der Waals surface area contributed by atoms with Gasteiger partial charge in [0.15, 0.2) is 6.10 Å². The molecule has 0 fully saturated rings. The van der Waals surface area contributed by atoms with Crippen LogP contribution in [0.4, 0.5) is 17.6 Å². The predicted molar refractivity (Wildman–Crippen MR) is 29.0 cm³/mol. The number of aliphatic hydroxyl groups excluding tert-OH is 1. The van der Waals surface area contributed by atoms with Crippen LogP contribution in [-0.2, 0) is 9.53 Å². The summed E-state index contributed by atoms with van der Waals surface area (Å²) in [7, 11) is 0.745. The van der Waals surface area contributed by atoms with E-state index in [4.69, 9.17) is 5.11 Å². The normalized spacial score (nSPS) is 16.8. The maximum Gasteiger partial charge on any atom is 0.422 e. The minimum absolute atomic E-state index is 0.745. The lowest BCUT2D eigenvalue weighted by molar-refractivity contribution is -0.212. The maximum absolute atomic E-state index is 12.1. The lowest BCUT2D eigenvalue weighted by Crippen LogP contribution is -2.41. The van der Waals surface area contributed by atoms with E-state index in [0.29, 0.717) is 0 Å². The molecule has 0 spiro atoms. The van der Waals surface area contributed by atoms with Crippen molar-refractivity contribution in [3.63, 3.8) is 0 Å². The zero-order valence-corrected chi connectivity index (χ0v) is 5.93. The molecule has 0 aliphatic rings. The first-order valence-electron chi connectivity index (χ1n) is 2.77. The van der Waals surface area contributed by atoms with Gasteiger partial charge in [-0.15, -0.1) is 0 Å². The molecule has 0 aliphatic carbocycles. The third-order valence-corrected chi connectivity index (χ3v) is 1.03. The highest BCUT2D eigenvalue weighted by atomic mass is 19.4. The quantitative estimate of drug-likeness (QED) is 0.507. The fourth-order valence-electron chi connectivity index (χ4n) is 0.419. The van der Waals surface area contributed by atoms with Gasteiger partial charge in [0.2, 0.25) is 6.17 Å². The van der Waals surface area contributed by atoms with Crippen molar-refractivity contribution in [2.24, 2.45) is 0 Å². The van der Waals surface area contributed by atoms with Crippen molar-refractivity contribution in [2.75, 3.05) is 7.11 Å². The summed E-state index contributed by atoms with van der Waals surface area (Å²) in [6.45, 7) is 0. The summed E-state index contributed by atoms with van der Waals surface area (Å²) >= 11 is 0. The molecule has 0 saturated carbocycles. The smallest absolute Gasteiger partial charge is 0.422 e. The molecule has 0 aliphatic heterocycles. The van der Waals surface area contributed by atoms with Crippen molar-refractivity contribution in [3.05, 3.63) is 0 Å². The highest BCUT2D eigenvalue weighted by Crippen LogP contribution is 2.25. The van der Waals surface area contributed by atoms with Gasteiger partial charge in [0.05, 0.1) is 7.11 Å². The molecule has 0 saturated heterocycles. The largest absolute Gasteiger partial charge is 0.467 e. The minimum atomic E-state index is -5.26. The lowest BCUT2D eigenvalue weighted by atomic mass is 10.2. The number of esters is 1. The monoisotopic (exact) mass is 190 g/mol. The second kappa shape index (κ2) is 3.70. The Bertz CT molecular complexity index is 167. The van der Waals surface area contributed by atoms with E-state index in [1.807, 2.05) is 0 Å². The van der Waals surface area contributed by atoms with Gasteiger partial charge in [-0.1, -0.05) is 0 Å². The van der Waals surface area contributed by atoms with Gasteiger partial charge in [-0.05, 0) is 0 Å².